The minimum atomic E-state index is -0.479. The maximum Gasteiger partial charge on any atom is 0.244 e. The molecule has 2 aromatic carbocycles. The molecule has 1 amide bonds. The normalized spacial score (nSPS) is 22.8. The molecule has 10 nitrogen and oxygen atoms in total. The first-order valence-electron chi connectivity index (χ1n) is 15.7. The molecular weight excluding hydrogens is 604 g/mol. The fourth-order valence-corrected chi connectivity index (χ4v) is 7.83. The molecule has 240 valence electrons. The Morgan fingerprint density at radius 1 is 1.33 bits per heavy atom. The Bertz CT molecular complexity index is 1740. The number of phenolic OH excluding ortho intramolecular Hbond substituents is 1. The summed E-state index contributed by atoms with van der Waals surface area (Å²) < 4.78 is 21.1. The Morgan fingerprint density at radius 2 is 2.11 bits per heavy atom. The lowest BCUT2D eigenvalue weighted by Crippen LogP contribution is -2.51. The number of halogens is 1. The predicted molar refractivity (Wildman–Crippen MR) is 179 cm³/mol. The quantitative estimate of drug-likeness (QED) is 0.165. The van der Waals surface area contributed by atoms with E-state index in [-0.39, 0.29) is 52.0 Å². The summed E-state index contributed by atoms with van der Waals surface area (Å²) in [6.07, 6.45) is 2.50. The number of aliphatic imine (C=N–C) groups is 1. The molecule has 5 N–H and O–H groups in total. The van der Waals surface area contributed by atoms with E-state index < -0.39 is 11.9 Å². The molecule has 13 heteroatoms. The van der Waals surface area contributed by atoms with Gasteiger partial charge in [0.2, 0.25) is 5.91 Å². The van der Waals surface area contributed by atoms with Crippen LogP contribution in [0.15, 0.2) is 23.2 Å². The topological polar surface area (TPSA) is 139 Å². The minimum absolute atomic E-state index is 0.00446. The van der Waals surface area contributed by atoms with Crippen LogP contribution in [0, 0.1) is 17.1 Å². The standard InChI is InChI=1S/C33H39BFN7O3S/c1-17(34)13-38-25-8-10-42(18(25)2)16-39-32(40-26-5-4-9-41(3)33(26)44)20-11-27(43)28(23-15-45-14-22(20)23)19-6-7-24(35)30-29(19)21(12-36)31(37)46-30/h6-7,11,17-18,25-26,38,43H,4-5,8-10,13-16,37H2,1-3H3,(H,39,40). The first-order chi connectivity index (χ1) is 22.1. The number of amidine groups is 1. The van der Waals surface area contributed by atoms with E-state index in [0.717, 1.165) is 48.4 Å². The molecular formula is C33H39BFN7O3S. The molecule has 2 saturated heterocycles. The summed E-state index contributed by atoms with van der Waals surface area (Å²) in [5.74, 6) is 0.0362. The smallest absolute Gasteiger partial charge is 0.244 e. The Labute approximate surface area is 273 Å². The molecule has 2 radical (unpaired) electrons. The van der Waals surface area contributed by atoms with Gasteiger partial charge in [0.05, 0.1) is 38.0 Å². The van der Waals surface area contributed by atoms with Gasteiger partial charge in [-0.05, 0) is 61.6 Å². The van der Waals surface area contributed by atoms with Crippen molar-refractivity contribution in [3.05, 3.63) is 46.3 Å². The zero-order valence-electron chi connectivity index (χ0n) is 26.4. The van der Waals surface area contributed by atoms with Gasteiger partial charge in [0.25, 0.3) is 0 Å². The number of thiophene rings is 1. The van der Waals surface area contributed by atoms with Gasteiger partial charge in [-0.3, -0.25) is 14.7 Å². The molecule has 0 bridgehead atoms. The van der Waals surface area contributed by atoms with Crippen LogP contribution in [0.25, 0.3) is 21.2 Å². The monoisotopic (exact) mass is 643 g/mol. The fourth-order valence-electron chi connectivity index (χ4n) is 6.88. The molecule has 3 aliphatic heterocycles. The van der Waals surface area contributed by atoms with Crippen molar-refractivity contribution in [2.75, 3.05) is 39.1 Å². The Balaban J connectivity index is 1.42. The molecule has 2 fully saturated rings. The molecule has 0 saturated carbocycles. The number of nitrogens with zero attached hydrogens (tertiary/aromatic N) is 4. The third-order valence-electron chi connectivity index (χ3n) is 9.45. The summed E-state index contributed by atoms with van der Waals surface area (Å²) in [5, 5.41) is 29.2. The summed E-state index contributed by atoms with van der Waals surface area (Å²) in [7, 11) is 7.78. The van der Waals surface area contributed by atoms with Gasteiger partial charge in [-0.15, -0.1) is 11.3 Å². The van der Waals surface area contributed by atoms with Crippen molar-refractivity contribution < 1.29 is 19.0 Å². The highest BCUT2D eigenvalue weighted by molar-refractivity contribution is 7.23. The van der Waals surface area contributed by atoms with Crippen LogP contribution in [-0.2, 0) is 22.7 Å². The number of hydrogen-bond donors (Lipinski definition) is 4. The summed E-state index contributed by atoms with van der Waals surface area (Å²) in [5.41, 5.74) is 9.48. The molecule has 46 heavy (non-hydrogen) atoms. The second-order valence-corrected chi connectivity index (χ2v) is 13.7. The van der Waals surface area contributed by atoms with E-state index >= 15 is 0 Å². The van der Waals surface area contributed by atoms with Gasteiger partial charge in [0, 0.05) is 48.7 Å². The van der Waals surface area contributed by atoms with Gasteiger partial charge < -0.3 is 31.1 Å². The number of amides is 1. The minimum Gasteiger partial charge on any atom is -0.507 e. The lowest BCUT2D eigenvalue weighted by Gasteiger charge is -2.31. The van der Waals surface area contributed by atoms with E-state index in [1.807, 2.05) is 6.92 Å². The third kappa shape index (κ3) is 5.95. The molecule has 1 aromatic heterocycles. The fraction of sp³-hybridized carbons (Fsp3) is 0.485. The molecule has 4 unspecified atom stereocenters. The number of aromatic hydroxyl groups is 1. The van der Waals surface area contributed by atoms with Crippen molar-refractivity contribution in [2.24, 2.45) is 4.99 Å². The van der Waals surface area contributed by atoms with Crippen molar-refractivity contribution in [1.29, 1.82) is 5.26 Å². The lowest BCUT2D eigenvalue weighted by atomic mass is 9.89. The number of rotatable bonds is 8. The molecule has 6 rings (SSSR count). The van der Waals surface area contributed by atoms with E-state index in [2.05, 4.69) is 28.5 Å². The number of likely N-dealkylation sites (N-methyl/N-ethyl adjacent to an activating group) is 1. The number of hydrogen-bond acceptors (Lipinski definition) is 9. The van der Waals surface area contributed by atoms with Crippen molar-refractivity contribution in [1.82, 2.24) is 20.4 Å². The van der Waals surface area contributed by atoms with E-state index in [4.69, 9.17) is 23.3 Å². The maximum absolute atomic E-state index is 14.9. The number of fused-ring (bicyclic) bond motifs is 2. The molecule has 3 aromatic rings. The number of anilines is 1. The van der Waals surface area contributed by atoms with Crippen molar-refractivity contribution >= 4 is 46.0 Å². The zero-order chi connectivity index (χ0) is 32.7. The number of carbonyl (C=O) groups is 1. The van der Waals surface area contributed by atoms with E-state index in [9.17, 15) is 19.6 Å². The van der Waals surface area contributed by atoms with Gasteiger partial charge in [-0.1, -0.05) is 18.8 Å². The number of phenols is 1. The SMILES string of the molecule is [B]C(C)CNC1CCN(C/N=C(/NC2CCCN(C)C2=O)c2cc(O)c(-c3ccc(F)c4sc(N)c(C#N)c34)c3c2COC3)C1C. The van der Waals surface area contributed by atoms with Gasteiger partial charge >= 0.3 is 0 Å². The van der Waals surface area contributed by atoms with Crippen molar-refractivity contribution in [3.8, 4) is 22.9 Å². The maximum atomic E-state index is 14.9. The predicted octanol–water partition coefficient (Wildman–Crippen LogP) is 3.84. The Hall–Kier alpha value is -3.70. The van der Waals surface area contributed by atoms with Crippen LogP contribution in [0.3, 0.4) is 0 Å². The number of nitrogen functional groups attached to an aromatic ring is 1. The number of benzene rings is 2. The number of nitrogens with one attached hydrogen (secondary N) is 2. The summed E-state index contributed by atoms with van der Waals surface area (Å²) in [6, 6.07) is 6.72. The summed E-state index contributed by atoms with van der Waals surface area (Å²) in [6.45, 7) is 7.33. The number of carbonyl (C=O) groups excluding carboxylic acids is 1. The van der Waals surface area contributed by atoms with Crippen molar-refractivity contribution in [3.63, 3.8) is 0 Å². The van der Waals surface area contributed by atoms with Gasteiger partial charge in [0.1, 0.15) is 34.5 Å². The van der Waals surface area contributed by atoms with E-state index in [1.165, 1.54) is 6.07 Å². The van der Waals surface area contributed by atoms with Crippen molar-refractivity contribution in [2.45, 2.75) is 70.3 Å². The van der Waals surface area contributed by atoms with E-state index in [0.29, 0.717) is 53.6 Å². The molecule has 4 atom stereocenters. The number of nitriles is 1. The van der Waals surface area contributed by atoms with Crippen LogP contribution < -0.4 is 16.4 Å². The van der Waals surface area contributed by atoms with Crippen LogP contribution in [0.2, 0.25) is 5.82 Å². The van der Waals surface area contributed by atoms with E-state index in [1.54, 1.807) is 24.1 Å². The lowest BCUT2D eigenvalue weighted by molar-refractivity contribution is -0.133. The average Bonchev–Trinajstić information content (AvgIpc) is 3.74. The highest BCUT2D eigenvalue weighted by atomic mass is 32.1. The second kappa shape index (κ2) is 13.2. The molecule has 0 aliphatic carbocycles. The first kappa shape index (κ1) is 32.3. The van der Waals surface area contributed by atoms with Crippen LogP contribution >= 0.6 is 11.3 Å². The van der Waals surface area contributed by atoms with Crippen LogP contribution in [0.4, 0.5) is 9.39 Å². The van der Waals surface area contributed by atoms with Gasteiger partial charge in [0.15, 0.2) is 0 Å². The molecule has 0 spiro atoms. The molecule has 4 heterocycles. The zero-order valence-corrected chi connectivity index (χ0v) is 27.2. The van der Waals surface area contributed by atoms with Crippen LogP contribution in [0.5, 0.6) is 5.75 Å². The van der Waals surface area contributed by atoms with Crippen LogP contribution in [0.1, 0.15) is 55.4 Å². The Morgan fingerprint density at radius 3 is 2.87 bits per heavy atom. The molecule has 3 aliphatic rings. The highest BCUT2D eigenvalue weighted by Gasteiger charge is 2.33. The van der Waals surface area contributed by atoms with Crippen LogP contribution in [-0.4, -0.2) is 86.0 Å². The summed E-state index contributed by atoms with van der Waals surface area (Å²) in [4.78, 5) is 22.2. The Kier molecular flexibility index (Phi) is 9.25. The largest absolute Gasteiger partial charge is 0.507 e. The first-order valence-corrected chi connectivity index (χ1v) is 16.6. The third-order valence-corrected chi connectivity index (χ3v) is 10.5. The number of ether oxygens (including phenoxy) is 1. The highest BCUT2D eigenvalue weighted by Crippen LogP contribution is 2.47. The number of piperidine rings is 1. The second-order valence-electron chi connectivity index (χ2n) is 12.6. The van der Waals surface area contributed by atoms with Gasteiger partial charge in [-0.25, -0.2) is 4.39 Å². The number of likely N-dealkylation sites (tertiary alicyclic amines) is 2. The summed E-state index contributed by atoms with van der Waals surface area (Å²) >= 11 is 1.02. The van der Waals surface area contributed by atoms with Gasteiger partial charge in [-0.2, -0.15) is 5.26 Å². The average molecular weight is 644 g/mol. The number of nitrogens with two attached hydrogens (primary N) is 1.